The monoisotopic (exact) mass is 277 g/mol. The van der Waals surface area contributed by atoms with E-state index in [-0.39, 0.29) is 6.61 Å². The van der Waals surface area contributed by atoms with E-state index >= 15 is 0 Å². The lowest BCUT2D eigenvalue weighted by Gasteiger charge is -2.36. The van der Waals surface area contributed by atoms with Crippen molar-refractivity contribution in [3.05, 3.63) is 11.6 Å². The molecule has 0 atom stereocenters. The Kier molecular flexibility index (Phi) is 3.61. The second-order valence-electron chi connectivity index (χ2n) is 7.65. The number of hydrogen-bond donors (Lipinski definition) is 1. The van der Waals surface area contributed by atoms with Crippen LogP contribution in [0.4, 0.5) is 0 Å². The summed E-state index contributed by atoms with van der Waals surface area (Å²) < 4.78 is 2.24. The molecule has 0 unspecified atom stereocenters. The molecule has 0 aliphatic heterocycles. The molecule has 0 aromatic carbocycles. The molecule has 0 saturated heterocycles. The number of aliphatic hydroxyl groups excluding tert-OH is 1. The number of hydrogen-bond acceptors (Lipinski definition) is 3. The summed E-state index contributed by atoms with van der Waals surface area (Å²) in [5, 5.41) is 18.0. The lowest BCUT2D eigenvalue weighted by atomic mass is 9.69. The third-order valence-electron chi connectivity index (χ3n) is 5.16. The predicted molar refractivity (Wildman–Crippen MR) is 78.4 cm³/mol. The topological polar surface area (TPSA) is 50.9 Å². The quantitative estimate of drug-likeness (QED) is 0.921. The first-order valence-electron chi connectivity index (χ1n) is 8.05. The molecule has 0 radical (unpaired) electrons. The number of aliphatic hydroxyl groups is 1. The van der Waals surface area contributed by atoms with Crippen LogP contribution in [0.1, 0.15) is 82.9 Å². The van der Waals surface area contributed by atoms with Crippen molar-refractivity contribution in [2.75, 3.05) is 0 Å². The van der Waals surface area contributed by atoms with E-state index in [9.17, 15) is 5.11 Å². The Bertz CT molecular complexity index is 463. The van der Waals surface area contributed by atoms with Crippen LogP contribution >= 0.6 is 0 Å². The standard InChI is InChI=1S/C16H27N3O/c1-16(2,3)12-6-4-11(5-7-12)15-18-17-14(10-20)19(15)13-8-9-13/h11-13,20H,4-10H2,1-3H3. The third-order valence-corrected chi connectivity index (χ3v) is 5.16. The normalized spacial score (nSPS) is 27.8. The fourth-order valence-electron chi connectivity index (χ4n) is 3.67. The van der Waals surface area contributed by atoms with Crippen molar-refractivity contribution < 1.29 is 5.11 Å². The number of rotatable bonds is 3. The van der Waals surface area contributed by atoms with Gasteiger partial charge in [0.05, 0.1) is 0 Å². The van der Waals surface area contributed by atoms with E-state index in [4.69, 9.17) is 0 Å². The fourth-order valence-corrected chi connectivity index (χ4v) is 3.67. The SMILES string of the molecule is CC(C)(C)C1CCC(c2nnc(CO)n2C2CC2)CC1. The van der Waals surface area contributed by atoms with Gasteiger partial charge in [0, 0.05) is 12.0 Å². The Morgan fingerprint density at radius 3 is 2.20 bits per heavy atom. The summed E-state index contributed by atoms with van der Waals surface area (Å²) in [6.07, 6.45) is 7.46. The van der Waals surface area contributed by atoms with Gasteiger partial charge in [-0.05, 0) is 49.9 Å². The highest BCUT2D eigenvalue weighted by Gasteiger charge is 2.35. The van der Waals surface area contributed by atoms with Crippen LogP contribution < -0.4 is 0 Å². The van der Waals surface area contributed by atoms with Crippen molar-refractivity contribution in [1.29, 1.82) is 0 Å². The summed E-state index contributed by atoms with van der Waals surface area (Å²) in [5.74, 6) is 3.28. The molecule has 0 spiro atoms. The van der Waals surface area contributed by atoms with Gasteiger partial charge < -0.3 is 9.67 Å². The molecule has 4 nitrogen and oxygen atoms in total. The van der Waals surface area contributed by atoms with Crippen LogP contribution in [-0.2, 0) is 6.61 Å². The highest BCUT2D eigenvalue weighted by atomic mass is 16.3. The molecule has 2 aliphatic rings. The molecule has 2 saturated carbocycles. The zero-order valence-electron chi connectivity index (χ0n) is 13.0. The summed E-state index contributed by atoms with van der Waals surface area (Å²) in [6, 6.07) is 0.558. The Morgan fingerprint density at radius 2 is 1.70 bits per heavy atom. The first-order chi connectivity index (χ1) is 9.50. The lowest BCUT2D eigenvalue weighted by Crippen LogP contribution is -2.26. The average Bonchev–Trinajstić information content (AvgIpc) is 3.17. The van der Waals surface area contributed by atoms with Gasteiger partial charge in [-0.15, -0.1) is 10.2 Å². The van der Waals surface area contributed by atoms with Gasteiger partial charge in [-0.1, -0.05) is 20.8 Å². The minimum atomic E-state index is 0.0147. The van der Waals surface area contributed by atoms with Gasteiger partial charge >= 0.3 is 0 Å². The van der Waals surface area contributed by atoms with Crippen LogP contribution in [-0.4, -0.2) is 19.9 Å². The maximum Gasteiger partial charge on any atom is 0.159 e. The molecule has 0 bridgehead atoms. The summed E-state index contributed by atoms with van der Waals surface area (Å²) in [7, 11) is 0. The van der Waals surface area contributed by atoms with E-state index in [2.05, 4.69) is 35.5 Å². The predicted octanol–water partition coefficient (Wildman–Crippen LogP) is 3.43. The van der Waals surface area contributed by atoms with Crippen molar-refractivity contribution in [3.63, 3.8) is 0 Å². The van der Waals surface area contributed by atoms with Crippen molar-refractivity contribution in [1.82, 2.24) is 14.8 Å². The molecule has 4 heteroatoms. The Morgan fingerprint density at radius 1 is 1.05 bits per heavy atom. The molecule has 112 valence electrons. The maximum atomic E-state index is 9.43. The van der Waals surface area contributed by atoms with Crippen LogP contribution in [0.15, 0.2) is 0 Å². The molecular formula is C16H27N3O. The summed E-state index contributed by atoms with van der Waals surface area (Å²) in [6.45, 7) is 7.08. The summed E-state index contributed by atoms with van der Waals surface area (Å²) in [5.41, 5.74) is 0.422. The van der Waals surface area contributed by atoms with Gasteiger partial charge in [0.25, 0.3) is 0 Å². The Hall–Kier alpha value is -0.900. The van der Waals surface area contributed by atoms with Crippen LogP contribution in [0.5, 0.6) is 0 Å². The van der Waals surface area contributed by atoms with Crippen LogP contribution in [0.2, 0.25) is 0 Å². The van der Waals surface area contributed by atoms with E-state index in [1.165, 1.54) is 38.5 Å². The lowest BCUT2D eigenvalue weighted by molar-refractivity contribution is 0.166. The van der Waals surface area contributed by atoms with Gasteiger partial charge in [0.15, 0.2) is 5.82 Å². The van der Waals surface area contributed by atoms with Crippen molar-refractivity contribution in [2.24, 2.45) is 11.3 Å². The Balaban J connectivity index is 1.74. The van der Waals surface area contributed by atoms with E-state index < -0.39 is 0 Å². The van der Waals surface area contributed by atoms with Crippen molar-refractivity contribution >= 4 is 0 Å². The molecule has 1 N–H and O–H groups in total. The van der Waals surface area contributed by atoms with Gasteiger partial charge in [-0.2, -0.15) is 0 Å². The second-order valence-corrected chi connectivity index (χ2v) is 7.65. The maximum absolute atomic E-state index is 9.43. The minimum absolute atomic E-state index is 0.0147. The van der Waals surface area contributed by atoms with Crippen LogP contribution in [0.3, 0.4) is 0 Å². The second kappa shape index (κ2) is 5.14. The zero-order chi connectivity index (χ0) is 14.3. The smallest absolute Gasteiger partial charge is 0.159 e. The van der Waals surface area contributed by atoms with Crippen LogP contribution in [0, 0.1) is 11.3 Å². The summed E-state index contributed by atoms with van der Waals surface area (Å²) in [4.78, 5) is 0. The molecule has 3 rings (SSSR count). The van der Waals surface area contributed by atoms with E-state index in [0.29, 0.717) is 17.4 Å². The summed E-state index contributed by atoms with van der Waals surface area (Å²) >= 11 is 0. The van der Waals surface area contributed by atoms with E-state index in [1.807, 2.05) is 0 Å². The molecule has 2 fully saturated rings. The van der Waals surface area contributed by atoms with E-state index in [0.717, 1.165) is 17.6 Å². The largest absolute Gasteiger partial charge is 0.388 e. The fraction of sp³-hybridized carbons (Fsp3) is 0.875. The Labute approximate surface area is 121 Å². The molecule has 2 aliphatic carbocycles. The highest BCUT2D eigenvalue weighted by Crippen LogP contribution is 2.45. The number of aromatic nitrogens is 3. The van der Waals surface area contributed by atoms with Crippen molar-refractivity contribution in [3.8, 4) is 0 Å². The zero-order valence-corrected chi connectivity index (χ0v) is 13.0. The van der Waals surface area contributed by atoms with Gasteiger partial charge in [-0.3, -0.25) is 0 Å². The van der Waals surface area contributed by atoms with Gasteiger partial charge in [-0.25, -0.2) is 0 Å². The molecule has 20 heavy (non-hydrogen) atoms. The van der Waals surface area contributed by atoms with Crippen LogP contribution in [0.25, 0.3) is 0 Å². The molecule has 1 heterocycles. The molecule has 0 amide bonds. The third kappa shape index (κ3) is 2.62. The highest BCUT2D eigenvalue weighted by molar-refractivity contribution is 5.08. The van der Waals surface area contributed by atoms with Crippen molar-refractivity contribution in [2.45, 2.75) is 77.9 Å². The molecule has 1 aromatic rings. The van der Waals surface area contributed by atoms with Gasteiger partial charge in [0.2, 0.25) is 0 Å². The minimum Gasteiger partial charge on any atom is -0.388 e. The average molecular weight is 277 g/mol. The first kappa shape index (κ1) is 14.1. The van der Waals surface area contributed by atoms with Gasteiger partial charge in [0.1, 0.15) is 12.4 Å². The molecule has 1 aromatic heterocycles. The number of nitrogens with zero attached hydrogens (tertiary/aromatic N) is 3. The molecular weight excluding hydrogens is 250 g/mol. The first-order valence-corrected chi connectivity index (χ1v) is 8.05. The van der Waals surface area contributed by atoms with E-state index in [1.54, 1.807) is 0 Å².